The van der Waals surface area contributed by atoms with Crippen molar-refractivity contribution in [3.05, 3.63) is 70.7 Å². The number of pyridine rings is 1. The lowest BCUT2D eigenvalue weighted by molar-refractivity contribution is -0.114. The van der Waals surface area contributed by atoms with Crippen LogP contribution in [-0.2, 0) is 37.3 Å². The van der Waals surface area contributed by atoms with Crippen molar-refractivity contribution in [2.24, 2.45) is 5.73 Å². The average molecular weight is 491 g/mol. The first kappa shape index (κ1) is 22.9. The SMILES string of the molecule is CC(=O)Nc1nc2c(s1)-c1c(c(-c3cccnc3)nn1CCc1ccc(C(N)=O)cc1CF)CC2. The van der Waals surface area contributed by atoms with Gasteiger partial charge in [-0.2, -0.15) is 5.10 Å². The van der Waals surface area contributed by atoms with E-state index in [4.69, 9.17) is 10.8 Å². The quantitative estimate of drug-likeness (QED) is 0.407. The predicted molar refractivity (Wildman–Crippen MR) is 132 cm³/mol. The van der Waals surface area contributed by atoms with Gasteiger partial charge in [0, 0.05) is 42.6 Å². The zero-order chi connectivity index (χ0) is 24.5. The number of aryl methyl sites for hydroxylation is 3. The van der Waals surface area contributed by atoms with Gasteiger partial charge in [-0.15, -0.1) is 0 Å². The minimum absolute atomic E-state index is 0.168. The van der Waals surface area contributed by atoms with Crippen LogP contribution in [0.2, 0.25) is 0 Å². The lowest BCUT2D eigenvalue weighted by Gasteiger charge is -2.15. The number of benzene rings is 1. The second-order valence-electron chi connectivity index (χ2n) is 8.35. The Labute approximate surface area is 205 Å². The zero-order valence-corrected chi connectivity index (χ0v) is 19.9. The van der Waals surface area contributed by atoms with Gasteiger partial charge in [0.1, 0.15) is 6.67 Å². The van der Waals surface area contributed by atoms with Crippen LogP contribution in [0.15, 0.2) is 42.7 Å². The van der Waals surface area contributed by atoms with Gasteiger partial charge >= 0.3 is 0 Å². The third-order valence-electron chi connectivity index (χ3n) is 6.02. The molecule has 35 heavy (non-hydrogen) atoms. The Morgan fingerprint density at radius 1 is 1.23 bits per heavy atom. The van der Waals surface area contributed by atoms with Crippen molar-refractivity contribution in [3.8, 4) is 21.8 Å². The first-order chi connectivity index (χ1) is 16.9. The smallest absolute Gasteiger partial charge is 0.248 e. The normalized spacial score (nSPS) is 12.2. The lowest BCUT2D eigenvalue weighted by Crippen LogP contribution is -2.13. The highest BCUT2D eigenvalue weighted by Crippen LogP contribution is 2.43. The van der Waals surface area contributed by atoms with Gasteiger partial charge in [0.05, 0.1) is 22.0 Å². The average Bonchev–Trinajstić information content (AvgIpc) is 3.43. The number of fused-ring (bicyclic) bond motifs is 3. The molecule has 0 saturated carbocycles. The summed E-state index contributed by atoms with van der Waals surface area (Å²) in [6.07, 6.45) is 5.55. The molecule has 10 heteroatoms. The van der Waals surface area contributed by atoms with Crippen LogP contribution in [-0.4, -0.2) is 31.6 Å². The predicted octanol–water partition coefficient (Wildman–Crippen LogP) is 3.94. The molecule has 0 bridgehead atoms. The standard InChI is InChI=1S/C25H23FN6O2S/c1-14(33)29-25-30-20-7-6-19-21(17-3-2-9-28-13-17)31-32(22(19)23(20)35-25)10-8-15-4-5-16(24(27)34)11-18(15)12-26/h2-5,9,11,13H,6-8,10,12H2,1H3,(H2,27,34)(H,29,30,33). The van der Waals surface area contributed by atoms with Crippen LogP contribution in [0.25, 0.3) is 21.8 Å². The van der Waals surface area contributed by atoms with Gasteiger partial charge in [-0.3, -0.25) is 19.3 Å². The number of nitrogens with two attached hydrogens (primary N) is 1. The van der Waals surface area contributed by atoms with Crippen molar-refractivity contribution in [3.63, 3.8) is 0 Å². The van der Waals surface area contributed by atoms with E-state index in [1.54, 1.807) is 24.5 Å². The number of aromatic nitrogens is 4. The fourth-order valence-electron chi connectivity index (χ4n) is 4.41. The monoisotopic (exact) mass is 490 g/mol. The van der Waals surface area contributed by atoms with Gasteiger partial charge in [0.15, 0.2) is 5.13 Å². The maximum Gasteiger partial charge on any atom is 0.248 e. The minimum atomic E-state index is -0.687. The summed E-state index contributed by atoms with van der Waals surface area (Å²) in [5.41, 5.74) is 11.7. The molecule has 4 aromatic rings. The van der Waals surface area contributed by atoms with E-state index in [0.29, 0.717) is 23.7 Å². The summed E-state index contributed by atoms with van der Waals surface area (Å²) >= 11 is 1.43. The molecule has 5 rings (SSSR count). The van der Waals surface area contributed by atoms with Crippen molar-refractivity contribution in [1.82, 2.24) is 19.7 Å². The van der Waals surface area contributed by atoms with Crippen molar-refractivity contribution in [2.45, 2.75) is 39.4 Å². The Kier molecular flexibility index (Phi) is 6.12. The van der Waals surface area contributed by atoms with E-state index < -0.39 is 12.6 Å². The molecule has 8 nitrogen and oxygen atoms in total. The molecule has 3 aromatic heterocycles. The van der Waals surface area contributed by atoms with Crippen LogP contribution in [0.1, 0.15) is 39.7 Å². The molecule has 1 aliphatic carbocycles. The molecule has 0 fully saturated rings. The van der Waals surface area contributed by atoms with E-state index in [9.17, 15) is 14.0 Å². The number of carbonyl (C=O) groups is 2. The molecule has 0 unspecified atom stereocenters. The topological polar surface area (TPSA) is 116 Å². The number of nitrogens with zero attached hydrogens (tertiary/aromatic N) is 4. The molecule has 0 spiro atoms. The molecule has 0 atom stereocenters. The molecule has 178 valence electrons. The van der Waals surface area contributed by atoms with Crippen LogP contribution >= 0.6 is 11.3 Å². The maximum atomic E-state index is 13.7. The summed E-state index contributed by atoms with van der Waals surface area (Å²) < 4.78 is 15.7. The van der Waals surface area contributed by atoms with Gasteiger partial charge < -0.3 is 11.1 Å². The molecular formula is C25H23FN6O2S. The summed E-state index contributed by atoms with van der Waals surface area (Å²) in [6, 6.07) is 8.74. The van der Waals surface area contributed by atoms with Crippen LogP contribution in [0.4, 0.5) is 9.52 Å². The van der Waals surface area contributed by atoms with E-state index in [1.165, 1.54) is 24.3 Å². The fourth-order valence-corrected chi connectivity index (χ4v) is 5.55. The zero-order valence-electron chi connectivity index (χ0n) is 19.0. The van der Waals surface area contributed by atoms with Gasteiger partial charge in [0.2, 0.25) is 11.8 Å². The molecule has 1 aliphatic rings. The van der Waals surface area contributed by atoms with Crippen LogP contribution in [0.3, 0.4) is 0 Å². The molecule has 2 amide bonds. The van der Waals surface area contributed by atoms with E-state index in [2.05, 4.69) is 15.3 Å². The molecule has 3 N–H and O–H groups in total. The summed E-state index contributed by atoms with van der Waals surface area (Å²) in [7, 11) is 0. The number of primary amides is 1. The summed E-state index contributed by atoms with van der Waals surface area (Å²) in [5.74, 6) is -0.750. The summed E-state index contributed by atoms with van der Waals surface area (Å²) in [4.78, 5) is 32.9. The highest BCUT2D eigenvalue weighted by Gasteiger charge is 2.29. The van der Waals surface area contributed by atoms with Gasteiger partial charge in [-0.05, 0) is 54.7 Å². The minimum Gasteiger partial charge on any atom is -0.366 e. The van der Waals surface area contributed by atoms with Crippen molar-refractivity contribution >= 4 is 28.3 Å². The van der Waals surface area contributed by atoms with Gasteiger partial charge in [-0.1, -0.05) is 17.4 Å². The molecule has 1 aromatic carbocycles. The highest BCUT2D eigenvalue weighted by molar-refractivity contribution is 7.19. The third-order valence-corrected chi connectivity index (χ3v) is 7.04. The summed E-state index contributed by atoms with van der Waals surface area (Å²) in [6.45, 7) is 1.27. The molecular weight excluding hydrogens is 467 g/mol. The second-order valence-corrected chi connectivity index (χ2v) is 9.35. The molecule has 0 aliphatic heterocycles. The van der Waals surface area contributed by atoms with Gasteiger partial charge in [-0.25, -0.2) is 9.37 Å². The number of carbonyl (C=O) groups excluding carboxylic acids is 2. The second kappa shape index (κ2) is 9.38. The van der Waals surface area contributed by atoms with E-state index in [0.717, 1.165) is 51.5 Å². The van der Waals surface area contributed by atoms with Crippen LogP contribution in [0.5, 0.6) is 0 Å². The number of hydrogen-bond donors (Lipinski definition) is 2. The van der Waals surface area contributed by atoms with E-state index >= 15 is 0 Å². The van der Waals surface area contributed by atoms with Gasteiger partial charge in [0.25, 0.3) is 0 Å². The van der Waals surface area contributed by atoms with Crippen LogP contribution < -0.4 is 11.1 Å². The number of thiazole rings is 1. The number of halogens is 1. The maximum absolute atomic E-state index is 13.7. The highest BCUT2D eigenvalue weighted by atomic mass is 32.1. The van der Waals surface area contributed by atoms with Crippen molar-refractivity contribution in [1.29, 1.82) is 0 Å². The third kappa shape index (κ3) is 4.44. The Bertz CT molecular complexity index is 1430. The number of rotatable bonds is 7. The van der Waals surface area contributed by atoms with Crippen LogP contribution in [0, 0.1) is 0 Å². The van der Waals surface area contributed by atoms with Crippen molar-refractivity contribution < 1.29 is 14.0 Å². The Morgan fingerprint density at radius 3 is 2.80 bits per heavy atom. The summed E-state index contributed by atoms with van der Waals surface area (Å²) in [5, 5.41) is 8.30. The Hall–Kier alpha value is -3.92. The molecule has 3 heterocycles. The number of hydrogen-bond acceptors (Lipinski definition) is 6. The number of alkyl halides is 1. The molecule has 0 radical (unpaired) electrons. The lowest BCUT2D eigenvalue weighted by atomic mass is 9.95. The molecule has 0 saturated heterocycles. The Morgan fingerprint density at radius 2 is 2.09 bits per heavy atom. The fraction of sp³-hybridized carbons (Fsp3) is 0.240. The largest absolute Gasteiger partial charge is 0.366 e. The first-order valence-electron chi connectivity index (χ1n) is 11.2. The number of amides is 2. The van der Waals surface area contributed by atoms with E-state index in [1.807, 2.05) is 16.8 Å². The Balaban J connectivity index is 1.55. The number of nitrogens with one attached hydrogen (secondary N) is 1. The van der Waals surface area contributed by atoms with E-state index in [-0.39, 0.29) is 11.5 Å². The number of anilines is 1. The first-order valence-corrected chi connectivity index (χ1v) is 12.0. The van der Waals surface area contributed by atoms with Crippen molar-refractivity contribution in [2.75, 3.05) is 5.32 Å².